The van der Waals surface area contributed by atoms with E-state index in [1.54, 1.807) is 0 Å². The molecule has 1 rings (SSSR count). The Morgan fingerprint density at radius 3 is 1.22 bits per heavy atom. The lowest BCUT2D eigenvalue weighted by Gasteiger charge is -2.09. The lowest BCUT2D eigenvalue weighted by Crippen LogP contribution is -2.15. The molecule has 0 unspecified atom stereocenters. The molecule has 0 atom stereocenters. The average molecular weight is 769 g/mol. The third kappa shape index (κ3) is 32.0. The molecule has 9 nitrogen and oxygen atoms in total. The standard InChI is InChI=1S/C36H65IO9/c1-2-3-4-5-6-9-12-35-13-15-36(16-14-35)46-34-33-45-32-31-44-30-29-43-28-27-42-26-25-41-24-23-40-22-21-39-20-19-38-18-11-8-7-10-17-37/h13-16H,2-12,17-34H2,1H3. The second kappa shape index (κ2) is 37.3. The minimum Gasteiger partial charge on any atom is -0.491 e. The highest BCUT2D eigenvalue weighted by Gasteiger charge is 1.99. The summed E-state index contributed by atoms with van der Waals surface area (Å²) in [4.78, 5) is 0. The van der Waals surface area contributed by atoms with Gasteiger partial charge in [0.15, 0.2) is 0 Å². The molecule has 46 heavy (non-hydrogen) atoms. The molecule has 1 aromatic rings. The van der Waals surface area contributed by atoms with Crippen molar-refractivity contribution in [3.8, 4) is 5.75 Å². The van der Waals surface area contributed by atoms with Crippen LogP contribution in [0.3, 0.4) is 0 Å². The van der Waals surface area contributed by atoms with Crippen LogP contribution < -0.4 is 4.74 Å². The number of ether oxygens (including phenoxy) is 9. The highest BCUT2D eigenvalue weighted by atomic mass is 127. The summed E-state index contributed by atoms with van der Waals surface area (Å²) >= 11 is 2.42. The number of hydrogen-bond donors (Lipinski definition) is 0. The first-order valence-electron chi connectivity index (χ1n) is 17.8. The van der Waals surface area contributed by atoms with Crippen molar-refractivity contribution in [2.75, 3.05) is 117 Å². The topological polar surface area (TPSA) is 83.1 Å². The quantitative estimate of drug-likeness (QED) is 0.0398. The maximum Gasteiger partial charge on any atom is 0.119 e. The van der Waals surface area contributed by atoms with Crippen LogP contribution in [0.4, 0.5) is 0 Å². The predicted molar refractivity (Wildman–Crippen MR) is 193 cm³/mol. The summed E-state index contributed by atoms with van der Waals surface area (Å²) in [5.74, 6) is 0.891. The molecule has 0 fully saturated rings. The molecule has 10 heteroatoms. The van der Waals surface area contributed by atoms with E-state index in [-0.39, 0.29) is 0 Å². The Hall–Kier alpha value is -0.570. The first-order valence-corrected chi connectivity index (χ1v) is 19.3. The summed E-state index contributed by atoms with van der Waals surface area (Å²) < 4.78 is 51.3. The van der Waals surface area contributed by atoms with Crippen molar-refractivity contribution in [2.45, 2.75) is 77.6 Å². The van der Waals surface area contributed by atoms with E-state index in [4.69, 9.17) is 42.6 Å². The average Bonchev–Trinajstić information content (AvgIpc) is 3.08. The van der Waals surface area contributed by atoms with Crippen LogP contribution in [-0.2, 0) is 44.3 Å². The van der Waals surface area contributed by atoms with E-state index in [9.17, 15) is 0 Å². The van der Waals surface area contributed by atoms with Crippen LogP contribution in [0.25, 0.3) is 0 Å². The van der Waals surface area contributed by atoms with E-state index in [0.717, 1.165) is 25.2 Å². The van der Waals surface area contributed by atoms with Crippen LogP contribution in [0.2, 0.25) is 0 Å². The van der Waals surface area contributed by atoms with Gasteiger partial charge in [0.25, 0.3) is 0 Å². The van der Waals surface area contributed by atoms with Gasteiger partial charge in [0.05, 0.1) is 99.1 Å². The summed E-state index contributed by atoms with van der Waals surface area (Å²) in [5, 5.41) is 0. The van der Waals surface area contributed by atoms with Crippen molar-refractivity contribution in [3.63, 3.8) is 0 Å². The molecule has 0 saturated heterocycles. The molecule has 0 aliphatic heterocycles. The van der Waals surface area contributed by atoms with Gasteiger partial charge in [0.2, 0.25) is 0 Å². The number of halogens is 1. The Kier molecular flexibility index (Phi) is 35.2. The van der Waals surface area contributed by atoms with Crippen molar-refractivity contribution in [1.82, 2.24) is 0 Å². The molecule has 0 radical (unpaired) electrons. The van der Waals surface area contributed by atoms with Crippen molar-refractivity contribution in [1.29, 1.82) is 0 Å². The zero-order chi connectivity index (χ0) is 32.9. The molecule has 0 amide bonds. The highest BCUT2D eigenvalue weighted by Crippen LogP contribution is 2.15. The molecule has 0 heterocycles. The number of alkyl halides is 1. The minimum absolute atomic E-state index is 0.532. The fourth-order valence-electron chi connectivity index (χ4n) is 4.37. The Balaban J connectivity index is 1.70. The first kappa shape index (κ1) is 43.5. The van der Waals surface area contributed by atoms with Gasteiger partial charge in [0.1, 0.15) is 12.4 Å². The molecule has 270 valence electrons. The van der Waals surface area contributed by atoms with Gasteiger partial charge in [-0.3, -0.25) is 0 Å². The highest BCUT2D eigenvalue weighted by molar-refractivity contribution is 14.1. The van der Waals surface area contributed by atoms with E-state index in [1.165, 1.54) is 67.8 Å². The second-order valence-corrected chi connectivity index (χ2v) is 12.1. The number of benzene rings is 1. The Labute approximate surface area is 294 Å². The van der Waals surface area contributed by atoms with E-state index < -0.39 is 0 Å². The van der Waals surface area contributed by atoms with Crippen molar-refractivity contribution in [2.24, 2.45) is 0 Å². The fraction of sp³-hybridized carbons (Fsp3) is 0.833. The van der Waals surface area contributed by atoms with Crippen LogP contribution in [0, 0.1) is 0 Å². The van der Waals surface area contributed by atoms with Crippen molar-refractivity contribution >= 4 is 22.6 Å². The zero-order valence-corrected chi connectivity index (χ0v) is 31.0. The molecule has 0 spiro atoms. The molecule has 0 aliphatic rings. The van der Waals surface area contributed by atoms with Crippen LogP contribution in [0.15, 0.2) is 24.3 Å². The van der Waals surface area contributed by atoms with Crippen LogP contribution in [-0.4, -0.2) is 117 Å². The van der Waals surface area contributed by atoms with Gasteiger partial charge in [-0.1, -0.05) is 86.6 Å². The lowest BCUT2D eigenvalue weighted by molar-refractivity contribution is -0.0236. The second-order valence-electron chi connectivity index (χ2n) is 11.0. The summed E-state index contributed by atoms with van der Waals surface area (Å²) in [6, 6.07) is 8.45. The summed E-state index contributed by atoms with van der Waals surface area (Å²) in [6.45, 7) is 11.9. The maximum absolute atomic E-state index is 5.77. The monoisotopic (exact) mass is 768 g/mol. The Bertz CT molecular complexity index is 711. The molecule has 0 N–H and O–H groups in total. The molecular formula is C36H65IO9. The van der Waals surface area contributed by atoms with Gasteiger partial charge in [-0.2, -0.15) is 0 Å². The molecule has 1 aromatic carbocycles. The van der Waals surface area contributed by atoms with Gasteiger partial charge in [-0.15, -0.1) is 0 Å². The normalized spacial score (nSPS) is 11.4. The predicted octanol–water partition coefficient (Wildman–Crippen LogP) is 7.10. The minimum atomic E-state index is 0.532. The number of aryl methyl sites for hydroxylation is 1. The maximum atomic E-state index is 5.77. The fourth-order valence-corrected chi connectivity index (χ4v) is 4.91. The van der Waals surface area contributed by atoms with Gasteiger partial charge in [-0.25, -0.2) is 0 Å². The van der Waals surface area contributed by atoms with Gasteiger partial charge in [0, 0.05) is 6.61 Å². The SMILES string of the molecule is CCCCCCCCc1ccc(OCCOCCOCCOCCOCCOCCOCCOCCOCCCCCCI)cc1. The van der Waals surface area contributed by atoms with Crippen molar-refractivity contribution in [3.05, 3.63) is 29.8 Å². The van der Waals surface area contributed by atoms with E-state index in [0.29, 0.717) is 106 Å². The lowest BCUT2D eigenvalue weighted by atomic mass is 10.0. The summed E-state index contributed by atoms with van der Waals surface area (Å²) in [5.41, 5.74) is 1.38. The number of unbranched alkanes of at least 4 members (excludes halogenated alkanes) is 8. The molecule has 0 aromatic heterocycles. The summed E-state index contributed by atoms with van der Waals surface area (Å²) in [7, 11) is 0. The Morgan fingerprint density at radius 2 is 0.761 bits per heavy atom. The third-order valence-electron chi connectivity index (χ3n) is 7.02. The third-order valence-corrected chi connectivity index (χ3v) is 7.78. The van der Waals surface area contributed by atoms with Gasteiger partial charge in [-0.05, 0) is 47.8 Å². The van der Waals surface area contributed by atoms with Gasteiger partial charge >= 0.3 is 0 Å². The number of rotatable bonds is 38. The van der Waals surface area contributed by atoms with Crippen molar-refractivity contribution < 1.29 is 42.6 Å². The molecular weight excluding hydrogens is 703 g/mol. The summed E-state index contributed by atoms with van der Waals surface area (Å²) in [6.07, 6.45) is 14.1. The van der Waals surface area contributed by atoms with Crippen LogP contribution in [0.5, 0.6) is 5.75 Å². The van der Waals surface area contributed by atoms with E-state index in [1.807, 2.05) is 0 Å². The molecule has 0 saturated carbocycles. The Morgan fingerprint density at radius 1 is 0.391 bits per heavy atom. The first-order chi connectivity index (χ1) is 22.9. The van der Waals surface area contributed by atoms with Crippen LogP contribution >= 0.6 is 22.6 Å². The molecule has 0 aliphatic carbocycles. The molecule has 0 bridgehead atoms. The smallest absolute Gasteiger partial charge is 0.119 e. The number of hydrogen-bond acceptors (Lipinski definition) is 9. The van der Waals surface area contributed by atoms with E-state index in [2.05, 4.69) is 53.8 Å². The van der Waals surface area contributed by atoms with Gasteiger partial charge < -0.3 is 42.6 Å². The van der Waals surface area contributed by atoms with E-state index >= 15 is 0 Å². The zero-order valence-electron chi connectivity index (χ0n) is 28.9. The largest absolute Gasteiger partial charge is 0.491 e. The van der Waals surface area contributed by atoms with Crippen LogP contribution in [0.1, 0.15) is 76.7 Å².